The van der Waals surface area contributed by atoms with Gasteiger partial charge in [0.2, 0.25) is 0 Å². The maximum absolute atomic E-state index is 12.2. The Morgan fingerprint density at radius 3 is 2.11 bits per heavy atom. The highest BCUT2D eigenvalue weighted by atomic mass is 19.4. The van der Waals surface area contributed by atoms with E-state index in [2.05, 4.69) is 26.9 Å². The van der Waals surface area contributed by atoms with Gasteiger partial charge in [-0.25, -0.2) is 0 Å². The van der Waals surface area contributed by atoms with Gasteiger partial charge in [0.15, 0.2) is 0 Å². The minimum Gasteiger partial charge on any atom is -0.406 e. The van der Waals surface area contributed by atoms with E-state index >= 15 is 0 Å². The fraction of sp³-hybridized carbons (Fsp3) is 0.316. The summed E-state index contributed by atoms with van der Waals surface area (Å²) in [6.45, 7) is 3.92. The molecule has 1 heterocycles. The molecule has 2 aromatic carbocycles. The van der Waals surface area contributed by atoms with Crippen LogP contribution < -0.4 is 15.0 Å². The van der Waals surface area contributed by atoms with Gasteiger partial charge >= 0.3 is 6.36 Å². The monoisotopic (exact) mass is 379 g/mol. The Hall–Kier alpha value is -2.74. The molecule has 0 unspecified atom stereocenters. The highest BCUT2D eigenvalue weighted by Gasteiger charge is 2.31. The quantitative estimate of drug-likeness (QED) is 0.882. The summed E-state index contributed by atoms with van der Waals surface area (Å²) in [6.07, 6.45) is -4.75. The van der Waals surface area contributed by atoms with E-state index in [-0.39, 0.29) is 11.3 Å². The van der Waals surface area contributed by atoms with Gasteiger partial charge < -0.3 is 19.9 Å². The molecule has 8 heteroatoms. The molecule has 1 amide bonds. The zero-order valence-electron chi connectivity index (χ0n) is 14.8. The van der Waals surface area contributed by atoms with Crippen molar-refractivity contribution in [1.29, 1.82) is 0 Å². The van der Waals surface area contributed by atoms with Crippen LogP contribution in [0.4, 0.5) is 24.5 Å². The summed E-state index contributed by atoms with van der Waals surface area (Å²) in [5.41, 5.74) is 1.95. The summed E-state index contributed by atoms with van der Waals surface area (Å²) < 4.78 is 40.3. The van der Waals surface area contributed by atoms with E-state index < -0.39 is 12.3 Å². The molecule has 0 saturated carbocycles. The second-order valence-corrected chi connectivity index (χ2v) is 6.36. The van der Waals surface area contributed by atoms with Crippen LogP contribution in [0.3, 0.4) is 0 Å². The van der Waals surface area contributed by atoms with E-state index in [0.717, 1.165) is 44.0 Å². The van der Waals surface area contributed by atoms with Crippen molar-refractivity contribution in [3.63, 3.8) is 0 Å². The fourth-order valence-electron chi connectivity index (χ4n) is 2.83. The highest BCUT2D eigenvalue weighted by Crippen LogP contribution is 2.23. The Morgan fingerprint density at radius 2 is 1.56 bits per heavy atom. The lowest BCUT2D eigenvalue weighted by molar-refractivity contribution is -0.274. The number of likely N-dealkylation sites (N-methyl/N-ethyl adjacent to an activating group) is 1. The Morgan fingerprint density at radius 1 is 0.963 bits per heavy atom. The standard InChI is InChI=1S/C19H20F3N3O2/c1-24-10-12-25(13-11-24)16-6-4-15(5-7-16)23-18(26)14-2-8-17(9-3-14)27-19(20,21)22/h2-9H,10-13H2,1H3,(H,23,26). The third kappa shape index (κ3) is 5.37. The Bertz CT molecular complexity index is 768. The SMILES string of the molecule is CN1CCN(c2ccc(NC(=O)c3ccc(OC(F)(F)F)cc3)cc2)CC1. The molecule has 0 aliphatic carbocycles. The number of alkyl halides is 3. The normalized spacial score (nSPS) is 15.5. The highest BCUT2D eigenvalue weighted by molar-refractivity contribution is 6.04. The van der Waals surface area contributed by atoms with Crippen molar-refractivity contribution < 1.29 is 22.7 Å². The van der Waals surface area contributed by atoms with Gasteiger partial charge in [0.05, 0.1) is 0 Å². The summed E-state index contributed by atoms with van der Waals surface area (Å²) in [4.78, 5) is 16.8. The van der Waals surface area contributed by atoms with Crippen LogP contribution in [0.25, 0.3) is 0 Å². The minimum absolute atomic E-state index is 0.243. The van der Waals surface area contributed by atoms with E-state index in [9.17, 15) is 18.0 Å². The molecule has 0 bridgehead atoms. The Labute approximate surface area is 155 Å². The van der Waals surface area contributed by atoms with Crippen molar-refractivity contribution >= 4 is 17.3 Å². The van der Waals surface area contributed by atoms with Gasteiger partial charge in [0.25, 0.3) is 5.91 Å². The average Bonchev–Trinajstić information content (AvgIpc) is 2.62. The van der Waals surface area contributed by atoms with Crippen LogP contribution in [0.1, 0.15) is 10.4 Å². The number of carbonyl (C=O) groups is 1. The molecular formula is C19H20F3N3O2. The molecule has 1 aliphatic rings. The van der Waals surface area contributed by atoms with E-state index in [1.165, 1.54) is 12.1 Å². The second kappa shape index (κ2) is 7.87. The lowest BCUT2D eigenvalue weighted by atomic mass is 10.2. The molecule has 0 radical (unpaired) electrons. The average molecular weight is 379 g/mol. The lowest BCUT2D eigenvalue weighted by Crippen LogP contribution is -2.44. The van der Waals surface area contributed by atoms with Gasteiger partial charge in [-0.2, -0.15) is 0 Å². The number of piperazine rings is 1. The van der Waals surface area contributed by atoms with Crippen LogP contribution in [-0.4, -0.2) is 50.4 Å². The summed E-state index contributed by atoms with van der Waals surface area (Å²) >= 11 is 0. The van der Waals surface area contributed by atoms with Crippen molar-refractivity contribution in [2.75, 3.05) is 43.4 Å². The smallest absolute Gasteiger partial charge is 0.406 e. The first-order chi connectivity index (χ1) is 12.8. The van der Waals surface area contributed by atoms with Crippen molar-refractivity contribution in [3.8, 4) is 5.75 Å². The van der Waals surface area contributed by atoms with Gasteiger partial charge in [0, 0.05) is 43.1 Å². The van der Waals surface area contributed by atoms with Gasteiger partial charge in [-0.3, -0.25) is 4.79 Å². The topological polar surface area (TPSA) is 44.8 Å². The third-order valence-corrected chi connectivity index (χ3v) is 4.34. The number of rotatable bonds is 4. The zero-order valence-corrected chi connectivity index (χ0v) is 14.8. The predicted octanol–water partition coefficient (Wildman–Crippen LogP) is 3.59. The first-order valence-corrected chi connectivity index (χ1v) is 8.51. The van der Waals surface area contributed by atoms with E-state index in [1.54, 1.807) is 0 Å². The summed E-state index contributed by atoms with van der Waals surface area (Å²) in [5, 5.41) is 2.73. The molecule has 3 rings (SSSR count). The molecule has 1 aliphatic heterocycles. The van der Waals surface area contributed by atoms with Crippen molar-refractivity contribution in [1.82, 2.24) is 4.90 Å². The number of hydrogen-bond acceptors (Lipinski definition) is 4. The maximum atomic E-state index is 12.2. The molecule has 0 atom stereocenters. The molecule has 27 heavy (non-hydrogen) atoms. The maximum Gasteiger partial charge on any atom is 0.573 e. The number of ether oxygens (including phenoxy) is 1. The molecule has 144 valence electrons. The van der Waals surface area contributed by atoms with Crippen molar-refractivity contribution in [3.05, 3.63) is 54.1 Å². The molecular weight excluding hydrogens is 359 g/mol. The molecule has 5 nitrogen and oxygen atoms in total. The molecule has 1 fully saturated rings. The number of nitrogens with one attached hydrogen (secondary N) is 1. The van der Waals surface area contributed by atoms with Crippen LogP contribution in [0.2, 0.25) is 0 Å². The number of nitrogens with zero attached hydrogens (tertiary/aromatic N) is 2. The minimum atomic E-state index is -4.75. The third-order valence-electron chi connectivity index (χ3n) is 4.34. The van der Waals surface area contributed by atoms with Crippen LogP contribution in [0.15, 0.2) is 48.5 Å². The van der Waals surface area contributed by atoms with Gasteiger partial charge in [-0.05, 0) is 55.6 Å². The summed E-state index contributed by atoms with van der Waals surface area (Å²) in [7, 11) is 2.09. The molecule has 2 aromatic rings. The molecule has 0 aromatic heterocycles. The van der Waals surface area contributed by atoms with Crippen molar-refractivity contribution in [2.45, 2.75) is 6.36 Å². The van der Waals surface area contributed by atoms with E-state index in [0.29, 0.717) is 5.69 Å². The summed E-state index contributed by atoms with van der Waals surface area (Å²) in [6, 6.07) is 12.3. The molecule has 1 N–H and O–H groups in total. The fourth-order valence-corrected chi connectivity index (χ4v) is 2.83. The van der Waals surface area contributed by atoms with Crippen LogP contribution in [0.5, 0.6) is 5.75 Å². The number of halogens is 3. The van der Waals surface area contributed by atoms with Gasteiger partial charge in [-0.15, -0.1) is 13.2 Å². The number of anilines is 2. The number of hydrogen-bond donors (Lipinski definition) is 1. The number of amides is 1. The predicted molar refractivity (Wildman–Crippen MR) is 97.2 cm³/mol. The van der Waals surface area contributed by atoms with E-state index in [4.69, 9.17) is 0 Å². The summed E-state index contributed by atoms with van der Waals surface area (Å²) in [5.74, 6) is -0.767. The van der Waals surface area contributed by atoms with E-state index in [1.807, 2.05) is 24.3 Å². The molecule has 1 saturated heterocycles. The van der Waals surface area contributed by atoms with Crippen LogP contribution >= 0.6 is 0 Å². The Kier molecular flexibility index (Phi) is 5.55. The zero-order chi connectivity index (χ0) is 19.4. The van der Waals surface area contributed by atoms with Crippen LogP contribution in [0, 0.1) is 0 Å². The lowest BCUT2D eigenvalue weighted by Gasteiger charge is -2.34. The first-order valence-electron chi connectivity index (χ1n) is 8.51. The van der Waals surface area contributed by atoms with Gasteiger partial charge in [0.1, 0.15) is 5.75 Å². The Balaban J connectivity index is 1.59. The van der Waals surface area contributed by atoms with Gasteiger partial charge in [-0.1, -0.05) is 0 Å². The number of benzene rings is 2. The number of carbonyl (C=O) groups excluding carboxylic acids is 1. The van der Waals surface area contributed by atoms with Crippen LogP contribution in [-0.2, 0) is 0 Å². The first kappa shape index (κ1) is 19.0. The largest absolute Gasteiger partial charge is 0.573 e. The molecule has 0 spiro atoms. The second-order valence-electron chi connectivity index (χ2n) is 6.36. The van der Waals surface area contributed by atoms with Crippen molar-refractivity contribution in [2.24, 2.45) is 0 Å².